The molecule has 2 N–H and O–H groups in total. The number of sulfonamides is 1. The second-order valence-electron chi connectivity index (χ2n) is 5.29. The molecule has 1 atom stereocenters. The molecule has 124 valence electrons. The van der Waals surface area contributed by atoms with Crippen molar-refractivity contribution in [3.8, 4) is 5.75 Å². The Morgan fingerprint density at radius 1 is 1.29 bits per heavy atom. The van der Waals surface area contributed by atoms with Crippen molar-refractivity contribution in [2.45, 2.75) is 17.2 Å². The number of nitrogens with one attached hydrogen (secondary N) is 1. The SMILES string of the molecule is [N-]=[N+]=NCC(O)(NS(=O)(=O)c1cc2ccc1OC2)c1ccccc1. The molecular formula is C15H14N4O4S. The Morgan fingerprint density at radius 2 is 2.04 bits per heavy atom. The van der Waals surface area contributed by atoms with Crippen LogP contribution in [0.15, 0.2) is 58.5 Å². The molecule has 0 spiro atoms. The first-order valence-corrected chi connectivity index (χ1v) is 8.51. The first kappa shape index (κ1) is 16.3. The number of azide groups is 1. The van der Waals surface area contributed by atoms with Gasteiger partial charge in [0.1, 0.15) is 17.3 Å². The Balaban J connectivity index is 2.01. The van der Waals surface area contributed by atoms with Crippen molar-refractivity contribution in [2.75, 3.05) is 6.54 Å². The van der Waals surface area contributed by atoms with E-state index in [1.807, 2.05) is 0 Å². The molecule has 2 aliphatic rings. The molecule has 9 heteroatoms. The Hall–Kier alpha value is -2.58. The van der Waals surface area contributed by atoms with Crippen LogP contribution in [0, 0.1) is 0 Å². The van der Waals surface area contributed by atoms with E-state index in [4.69, 9.17) is 10.3 Å². The lowest BCUT2D eigenvalue weighted by atomic mass is 10.0. The molecule has 4 rings (SSSR count). The Kier molecular flexibility index (Phi) is 4.16. The van der Waals surface area contributed by atoms with Crippen molar-refractivity contribution in [1.29, 1.82) is 0 Å². The molecule has 0 aliphatic carbocycles. The molecule has 0 aromatic heterocycles. The number of rotatable bonds is 6. The summed E-state index contributed by atoms with van der Waals surface area (Å²) in [6.45, 7) is -0.185. The number of fused-ring (bicyclic) bond motifs is 3. The lowest BCUT2D eigenvalue weighted by molar-refractivity contribution is 0.0341. The molecule has 2 aromatic rings. The highest BCUT2D eigenvalue weighted by Gasteiger charge is 2.36. The van der Waals surface area contributed by atoms with E-state index < -0.39 is 22.3 Å². The zero-order valence-corrected chi connectivity index (χ0v) is 13.3. The predicted octanol–water partition coefficient (Wildman–Crippen LogP) is 2.01. The van der Waals surface area contributed by atoms with E-state index in [1.54, 1.807) is 30.3 Å². The third-order valence-electron chi connectivity index (χ3n) is 3.61. The third kappa shape index (κ3) is 3.06. The van der Waals surface area contributed by atoms with Gasteiger partial charge in [-0.25, -0.2) is 8.42 Å². The smallest absolute Gasteiger partial charge is 0.246 e. The van der Waals surface area contributed by atoms with E-state index in [1.165, 1.54) is 18.2 Å². The lowest BCUT2D eigenvalue weighted by Gasteiger charge is -2.29. The number of hydrogen-bond donors (Lipinski definition) is 2. The number of nitrogens with zero attached hydrogens (tertiary/aromatic N) is 3. The number of benzene rings is 2. The zero-order valence-electron chi connectivity index (χ0n) is 12.5. The average molecular weight is 346 g/mol. The molecule has 0 amide bonds. The highest BCUT2D eigenvalue weighted by Crippen LogP contribution is 2.32. The van der Waals surface area contributed by atoms with E-state index >= 15 is 0 Å². The van der Waals surface area contributed by atoms with Gasteiger partial charge in [-0.2, -0.15) is 4.72 Å². The summed E-state index contributed by atoms with van der Waals surface area (Å²) in [5.74, 6) is 0.205. The fourth-order valence-corrected chi connectivity index (χ4v) is 3.88. The lowest BCUT2D eigenvalue weighted by Crippen LogP contribution is -2.48. The van der Waals surface area contributed by atoms with Crippen molar-refractivity contribution in [1.82, 2.24) is 4.72 Å². The average Bonchev–Trinajstić information content (AvgIpc) is 2.61. The van der Waals surface area contributed by atoms with Crippen molar-refractivity contribution in [2.24, 2.45) is 5.11 Å². The van der Waals surface area contributed by atoms with Gasteiger partial charge in [0.15, 0.2) is 5.72 Å². The van der Waals surface area contributed by atoms with Gasteiger partial charge in [-0.05, 0) is 28.8 Å². The summed E-state index contributed by atoms with van der Waals surface area (Å²) in [6, 6.07) is 12.9. The summed E-state index contributed by atoms with van der Waals surface area (Å²) in [4.78, 5) is 2.53. The maximum absolute atomic E-state index is 12.7. The minimum Gasteiger partial charge on any atom is -0.487 e. The van der Waals surface area contributed by atoms with E-state index in [0.29, 0.717) is 12.2 Å². The molecule has 2 aliphatic heterocycles. The minimum absolute atomic E-state index is 0.0680. The molecule has 1 unspecified atom stereocenters. The molecular weight excluding hydrogens is 332 g/mol. The molecule has 0 fully saturated rings. The highest BCUT2D eigenvalue weighted by molar-refractivity contribution is 7.89. The molecule has 2 aromatic carbocycles. The van der Waals surface area contributed by atoms with Crippen molar-refractivity contribution >= 4 is 10.0 Å². The topological polar surface area (TPSA) is 124 Å². The largest absolute Gasteiger partial charge is 0.487 e. The normalized spacial score (nSPS) is 15.2. The van der Waals surface area contributed by atoms with Crippen LogP contribution >= 0.6 is 0 Å². The van der Waals surface area contributed by atoms with E-state index in [-0.39, 0.29) is 16.2 Å². The summed E-state index contributed by atoms with van der Waals surface area (Å²) in [7, 11) is -4.11. The van der Waals surface area contributed by atoms with Crippen LogP contribution in [0.4, 0.5) is 0 Å². The predicted molar refractivity (Wildman–Crippen MR) is 85.4 cm³/mol. The summed E-state index contributed by atoms with van der Waals surface area (Å²) in [6.07, 6.45) is 0. The number of aliphatic hydroxyl groups is 1. The molecule has 0 radical (unpaired) electrons. The van der Waals surface area contributed by atoms with Crippen LogP contribution in [0.5, 0.6) is 5.75 Å². The Morgan fingerprint density at radius 3 is 2.58 bits per heavy atom. The van der Waals surface area contributed by atoms with Gasteiger partial charge < -0.3 is 9.84 Å². The molecule has 2 bridgehead atoms. The van der Waals surface area contributed by atoms with Gasteiger partial charge in [-0.1, -0.05) is 41.5 Å². The van der Waals surface area contributed by atoms with Crippen LogP contribution in [0.2, 0.25) is 0 Å². The van der Waals surface area contributed by atoms with Gasteiger partial charge in [0.2, 0.25) is 10.0 Å². The summed E-state index contributed by atoms with van der Waals surface area (Å²) in [5.41, 5.74) is 7.43. The van der Waals surface area contributed by atoms with Gasteiger partial charge in [-0.15, -0.1) is 0 Å². The van der Waals surface area contributed by atoms with Crippen LogP contribution < -0.4 is 9.46 Å². The van der Waals surface area contributed by atoms with E-state index in [2.05, 4.69) is 14.7 Å². The van der Waals surface area contributed by atoms with Gasteiger partial charge in [0.05, 0.1) is 6.54 Å². The van der Waals surface area contributed by atoms with Crippen molar-refractivity contribution in [3.63, 3.8) is 0 Å². The Bertz CT molecular complexity index is 910. The second kappa shape index (κ2) is 6.14. The van der Waals surface area contributed by atoms with Gasteiger partial charge in [0.25, 0.3) is 0 Å². The third-order valence-corrected chi connectivity index (χ3v) is 5.11. The monoisotopic (exact) mass is 346 g/mol. The van der Waals surface area contributed by atoms with Gasteiger partial charge in [-0.3, -0.25) is 0 Å². The molecule has 0 saturated carbocycles. The number of hydrogen-bond acceptors (Lipinski definition) is 5. The van der Waals surface area contributed by atoms with E-state index in [0.717, 1.165) is 0 Å². The molecule has 8 nitrogen and oxygen atoms in total. The molecule has 0 saturated heterocycles. The second-order valence-corrected chi connectivity index (χ2v) is 6.94. The Labute approximate surface area is 138 Å². The summed E-state index contributed by atoms with van der Waals surface area (Å²) in [5, 5.41) is 14.1. The quantitative estimate of drug-likeness (QED) is 0.359. The van der Waals surface area contributed by atoms with Crippen molar-refractivity contribution in [3.05, 3.63) is 70.1 Å². The van der Waals surface area contributed by atoms with Crippen LogP contribution in [-0.2, 0) is 22.4 Å². The number of ether oxygens (including phenoxy) is 1. The van der Waals surface area contributed by atoms with Crippen LogP contribution in [0.3, 0.4) is 0 Å². The fourth-order valence-electron chi connectivity index (χ4n) is 2.44. The van der Waals surface area contributed by atoms with Gasteiger partial charge >= 0.3 is 0 Å². The fraction of sp³-hybridized carbons (Fsp3) is 0.200. The maximum Gasteiger partial charge on any atom is 0.246 e. The zero-order chi connectivity index (χ0) is 17.2. The molecule has 24 heavy (non-hydrogen) atoms. The first-order chi connectivity index (χ1) is 11.4. The summed E-state index contributed by atoms with van der Waals surface area (Å²) < 4.78 is 33.0. The van der Waals surface area contributed by atoms with Crippen LogP contribution in [0.25, 0.3) is 10.4 Å². The first-order valence-electron chi connectivity index (χ1n) is 7.03. The van der Waals surface area contributed by atoms with E-state index in [9.17, 15) is 13.5 Å². The summed E-state index contributed by atoms with van der Waals surface area (Å²) >= 11 is 0. The molecule has 2 heterocycles. The highest BCUT2D eigenvalue weighted by atomic mass is 32.2. The standard InChI is InChI=1S/C15H14N4O4S/c16-19-17-10-15(20,12-4-2-1-3-5-12)18-24(21,22)14-8-11-6-7-13(14)23-9-11/h1-8,18,20H,9-10H2. The van der Waals surface area contributed by atoms with Crippen LogP contribution in [-0.4, -0.2) is 20.1 Å². The van der Waals surface area contributed by atoms with Crippen molar-refractivity contribution < 1.29 is 18.3 Å². The van der Waals surface area contributed by atoms with Gasteiger partial charge in [0, 0.05) is 4.91 Å². The van der Waals surface area contributed by atoms with Crippen LogP contribution in [0.1, 0.15) is 11.1 Å². The minimum atomic E-state index is -4.11. The maximum atomic E-state index is 12.7.